The third-order valence-corrected chi connectivity index (χ3v) is 4.73. The molecule has 0 unspecified atom stereocenters. The molecule has 2 N–H and O–H groups in total. The van der Waals surface area contributed by atoms with Crippen LogP contribution in [0, 0.1) is 11.3 Å². The molecule has 0 aliphatic heterocycles. The molecule has 96 valence electrons. The van der Waals surface area contributed by atoms with Crippen molar-refractivity contribution < 1.29 is 9.53 Å². The van der Waals surface area contributed by atoms with Crippen LogP contribution < -0.4 is 5.73 Å². The number of aryl methyl sites for hydroxylation is 1. The fourth-order valence-electron chi connectivity index (χ4n) is 2.71. The van der Waals surface area contributed by atoms with Crippen LogP contribution in [0.2, 0.25) is 0 Å². The highest BCUT2D eigenvalue weighted by atomic mass is 32.1. The number of nitrogens with zero attached hydrogens (tertiary/aromatic N) is 1. The monoisotopic (exact) mass is 264 g/mol. The number of carbonyl (C=O) groups excluding carboxylic acids is 1. The van der Waals surface area contributed by atoms with Gasteiger partial charge in [-0.3, -0.25) is 4.79 Å². The van der Waals surface area contributed by atoms with Crippen molar-refractivity contribution >= 4 is 22.3 Å². The van der Waals surface area contributed by atoms with Crippen LogP contribution in [0.15, 0.2) is 0 Å². The lowest BCUT2D eigenvalue weighted by Crippen LogP contribution is -2.35. The maximum Gasteiger partial charge on any atom is 0.316 e. The summed E-state index contributed by atoms with van der Waals surface area (Å²) in [6.45, 7) is 4.11. The van der Waals surface area contributed by atoms with E-state index in [9.17, 15) is 10.1 Å². The highest BCUT2D eigenvalue weighted by Gasteiger charge is 2.48. The molecular weight excluding hydrogens is 248 g/mol. The molecule has 0 amide bonds. The van der Waals surface area contributed by atoms with Crippen molar-refractivity contribution in [3.8, 4) is 6.07 Å². The number of hydrogen-bond acceptors (Lipinski definition) is 5. The summed E-state index contributed by atoms with van der Waals surface area (Å²) in [5.41, 5.74) is 6.50. The smallest absolute Gasteiger partial charge is 0.316 e. The van der Waals surface area contributed by atoms with E-state index in [2.05, 4.69) is 6.07 Å². The number of esters is 1. The predicted octanol–water partition coefficient (Wildman–Crippen LogP) is 2.36. The van der Waals surface area contributed by atoms with Gasteiger partial charge >= 0.3 is 5.97 Å². The molecule has 1 aromatic heterocycles. The first-order valence-corrected chi connectivity index (χ1v) is 6.91. The Morgan fingerprint density at radius 2 is 2.33 bits per heavy atom. The Bertz CT molecular complexity index is 530. The van der Waals surface area contributed by atoms with Gasteiger partial charge < -0.3 is 10.5 Å². The summed E-state index contributed by atoms with van der Waals surface area (Å²) in [4.78, 5) is 13.3. The van der Waals surface area contributed by atoms with Gasteiger partial charge in [0.2, 0.25) is 0 Å². The van der Waals surface area contributed by atoms with E-state index in [-0.39, 0.29) is 5.97 Å². The topological polar surface area (TPSA) is 76.1 Å². The number of rotatable bonds is 3. The predicted molar refractivity (Wildman–Crippen MR) is 70.4 cm³/mol. The number of hydrogen-bond donors (Lipinski definition) is 1. The quantitative estimate of drug-likeness (QED) is 0.850. The Morgan fingerprint density at radius 3 is 2.89 bits per heavy atom. The van der Waals surface area contributed by atoms with Gasteiger partial charge in [-0.2, -0.15) is 5.26 Å². The van der Waals surface area contributed by atoms with Gasteiger partial charge in [-0.1, -0.05) is 6.92 Å². The highest BCUT2D eigenvalue weighted by molar-refractivity contribution is 7.16. The van der Waals surface area contributed by atoms with Crippen molar-refractivity contribution in [3.05, 3.63) is 16.0 Å². The molecular formula is C13H16N2O2S. The lowest BCUT2D eigenvalue weighted by Gasteiger charge is -2.26. The fraction of sp³-hybridized carbons (Fsp3) is 0.538. The molecule has 2 rings (SSSR count). The number of anilines is 1. The number of nitrogen functional groups attached to an aromatic ring is 1. The average Bonchev–Trinajstić information content (AvgIpc) is 2.85. The Kier molecular flexibility index (Phi) is 3.31. The molecule has 5 heteroatoms. The van der Waals surface area contributed by atoms with Crippen LogP contribution in [0.5, 0.6) is 0 Å². The lowest BCUT2D eigenvalue weighted by atomic mass is 9.78. The number of nitrogens with two attached hydrogens (primary N) is 1. The zero-order chi connectivity index (χ0) is 13.3. The second kappa shape index (κ2) is 4.62. The standard InChI is InChI=1S/C13H16N2O2S/c1-3-13(12(16)17-4-2)6-5-9-10(13)8(7-14)11(15)18-9/h3-6,15H2,1-2H3/t13-/m0/s1. The van der Waals surface area contributed by atoms with Gasteiger partial charge in [-0.05, 0) is 26.2 Å². The number of fused-ring (bicyclic) bond motifs is 1. The summed E-state index contributed by atoms with van der Waals surface area (Å²) in [5.74, 6) is -0.222. The van der Waals surface area contributed by atoms with Gasteiger partial charge in [-0.25, -0.2) is 0 Å². The lowest BCUT2D eigenvalue weighted by molar-refractivity contribution is -0.150. The molecule has 0 saturated carbocycles. The Morgan fingerprint density at radius 1 is 1.61 bits per heavy atom. The van der Waals surface area contributed by atoms with E-state index in [4.69, 9.17) is 10.5 Å². The van der Waals surface area contributed by atoms with Gasteiger partial charge in [0.05, 0.1) is 17.6 Å². The minimum Gasteiger partial charge on any atom is -0.465 e. The molecule has 0 aromatic carbocycles. The Hall–Kier alpha value is -1.54. The second-order valence-electron chi connectivity index (χ2n) is 4.41. The molecule has 0 radical (unpaired) electrons. The van der Waals surface area contributed by atoms with E-state index in [0.29, 0.717) is 23.6 Å². The zero-order valence-corrected chi connectivity index (χ0v) is 11.4. The van der Waals surface area contributed by atoms with Crippen LogP contribution in [-0.2, 0) is 21.4 Å². The third-order valence-electron chi connectivity index (χ3n) is 3.65. The minimum absolute atomic E-state index is 0.222. The van der Waals surface area contributed by atoms with Gasteiger partial charge in [0.1, 0.15) is 11.1 Å². The molecule has 0 fully saturated rings. The van der Waals surface area contributed by atoms with Gasteiger partial charge in [0.25, 0.3) is 0 Å². The average molecular weight is 264 g/mol. The van der Waals surface area contributed by atoms with Crippen molar-refractivity contribution in [3.63, 3.8) is 0 Å². The molecule has 1 heterocycles. The maximum atomic E-state index is 12.3. The van der Waals surface area contributed by atoms with E-state index < -0.39 is 5.41 Å². The Labute approximate surface area is 110 Å². The molecule has 0 bridgehead atoms. The van der Waals surface area contributed by atoms with Crippen molar-refractivity contribution in [1.29, 1.82) is 5.26 Å². The van der Waals surface area contributed by atoms with Crippen LogP contribution in [0.25, 0.3) is 0 Å². The van der Waals surface area contributed by atoms with Crippen LogP contribution in [-0.4, -0.2) is 12.6 Å². The van der Waals surface area contributed by atoms with Gasteiger partial charge in [0, 0.05) is 10.4 Å². The molecule has 1 aliphatic carbocycles. The first-order valence-electron chi connectivity index (χ1n) is 6.09. The molecule has 18 heavy (non-hydrogen) atoms. The summed E-state index contributed by atoms with van der Waals surface area (Å²) in [6, 6.07) is 2.14. The van der Waals surface area contributed by atoms with Crippen LogP contribution in [0.4, 0.5) is 5.00 Å². The molecule has 0 spiro atoms. The first kappa shape index (κ1) is 12.9. The summed E-state index contributed by atoms with van der Waals surface area (Å²) in [7, 11) is 0. The van der Waals surface area contributed by atoms with E-state index in [1.54, 1.807) is 6.92 Å². The Balaban J connectivity index is 2.57. The van der Waals surface area contributed by atoms with E-state index in [1.165, 1.54) is 11.3 Å². The normalized spacial score (nSPS) is 21.4. The van der Waals surface area contributed by atoms with Crippen molar-refractivity contribution in [2.24, 2.45) is 0 Å². The van der Waals surface area contributed by atoms with Crippen LogP contribution >= 0.6 is 11.3 Å². The van der Waals surface area contributed by atoms with E-state index in [1.807, 2.05) is 6.92 Å². The number of ether oxygens (including phenoxy) is 1. The summed E-state index contributed by atoms with van der Waals surface area (Å²) in [5, 5.41) is 9.75. The zero-order valence-electron chi connectivity index (χ0n) is 10.6. The molecule has 1 atom stereocenters. The van der Waals surface area contributed by atoms with Crippen LogP contribution in [0.3, 0.4) is 0 Å². The first-order chi connectivity index (χ1) is 8.60. The van der Waals surface area contributed by atoms with Crippen molar-refractivity contribution in [2.75, 3.05) is 12.3 Å². The minimum atomic E-state index is -0.662. The second-order valence-corrected chi connectivity index (χ2v) is 5.54. The molecule has 4 nitrogen and oxygen atoms in total. The van der Waals surface area contributed by atoms with Crippen molar-refractivity contribution in [2.45, 2.75) is 38.5 Å². The number of thiophene rings is 1. The third kappa shape index (κ3) is 1.60. The summed E-state index contributed by atoms with van der Waals surface area (Å²) >= 11 is 1.43. The fourth-order valence-corrected chi connectivity index (χ4v) is 3.83. The SMILES string of the molecule is CCOC(=O)[C@@]1(CC)CCc2sc(N)c(C#N)c21. The van der Waals surface area contributed by atoms with E-state index >= 15 is 0 Å². The molecule has 1 aliphatic rings. The maximum absolute atomic E-state index is 12.3. The number of carbonyl (C=O) groups is 1. The molecule has 0 saturated heterocycles. The summed E-state index contributed by atoms with van der Waals surface area (Å²) < 4.78 is 5.20. The van der Waals surface area contributed by atoms with Crippen LogP contribution in [0.1, 0.15) is 42.7 Å². The summed E-state index contributed by atoms with van der Waals surface area (Å²) in [6.07, 6.45) is 2.17. The van der Waals surface area contributed by atoms with E-state index in [0.717, 1.165) is 23.3 Å². The van der Waals surface area contributed by atoms with Gasteiger partial charge in [-0.15, -0.1) is 11.3 Å². The largest absolute Gasteiger partial charge is 0.465 e. The van der Waals surface area contributed by atoms with Crippen molar-refractivity contribution in [1.82, 2.24) is 0 Å². The molecule has 1 aromatic rings. The highest BCUT2D eigenvalue weighted by Crippen LogP contribution is 2.49. The van der Waals surface area contributed by atoms with Gasteiger partial charge in [0.15, 0.2) is 0 Å². The number of nitriles is 1.